The molecule has 0 radical (unpaired) electrons. The number of carbonyl (C=O) groups is 1. The molecule has 0 fully saturated rings. The van der Waals surface area contributed by atoms with Crippen molar-refractivity contribution in [2.45, 2.75) is 39.5 Å². The van der Waals surface area contributed by atoms with E-state index in [2.05, 4.69) is 18.8 Å². The largest absolute Gasteiger partial charge is 0.395 e. The molecule has 1 rings (SSSR count). The van der Waals surface area contributed by atoms with Crippen molar-refractivity contribution in [2.75, 3.05) is 19.7 Å². The van der Waals surface area contributed by atoms with E-state index in [0.29, 0.717) is 23.8 Å². The molecule has 0 aromatic carbocycles. The van der Waals surface area contributed by atoms with Gasteiger partial charge in [0.05, 0.1) is 6.61 Å². The van der Waals surface area contributed by atoms with Crippen LogP contribution in [0.15, 0.2) is 12.1 Å². The van der Waals surface area contributed by atoms with Crippen LogP contribution >= 0.6 is 11.6 Å². The number of rotatable bonds is 8. The van der Waals surface area contributed by atoms with Gasteiger partial charge in [-0.15, -0.1) is 0 Å². The van der Waals surface area contributed by atoms with Gasteiger partial charge in [0.2, 0.25) is 0 Å². The van der Waals surface area contributed by atoms with Gasteiger partial charge in [-0.3, -0.25) is 4.79 Å². The van der Waals surface area contributed by atoms with Crippen molar-refractivity contribution in [1.29, 1.82) is 0 Å². The normalized spacial score (nSPS) is 10.6. The van der Waals surface area contributed by atoms with Crippen molar-refractivity contribution in [3.63, 3.8) is 0 Å². The summed E-state index contributed by atoms with van der Waals surface area (Å²) in [5, 5.41) is 9.44. The third kappa shape index (κ3) is 5.10. The molecule has 1 aromatic rings. The molecule has 0 aliphatic carbocycles. The van der Waals surface area contributed by atoms with E-state index in [-0.39, 0.29) is 12.5 Å². The molecular formula is C15H23ClN2O2. The van der Waals surface area contributed by atoms with Gasteiger partial charge in [0.25, 0.3) is 5.91 Å². The number of carbonyl (C=O) groups excluding carboxylic acids is 1. The number of unbranched alkanes of at least 4 members (excludes halogenated alkanes) is 1. The van der Waals surface area contributed by atoms with Gasteiger partial charge in [-0.05, 0) is 25.0 Å². The monoisotopic (exact) mass is 298 g/mol. The first kappa shape index (κ1) is 16.9. The van der Waals surface area contributed by atoms with Crippen LogP contribution in [0.25, 0.3) is 0 Å². The summed E-state index contributed by atoms with van der Waals surface area (Å²) in [6, 6.07) is 3.40. The average molecular weight is 299 g/mol. The smallest absolute Gasteiger partial charge is 0.254 e. The molecule has 0 saturated heterocycles. The third-order valence-corrected chi connectivity index (χ3v) is 3.23. The Labute approximate surface area is 125 Å². The summed E-state index contributed by atoms with van der Waals surface area (Å²) >= 11 is 5.98. The highest BCUT2D eigenvalue weighted by Crippen LogP contribution is 2.15. The number of aryl methyl sites for hydroxylation is 1. The van der Waals surface area contributed by atoms with E-state index < -0.39 is 0 Å². The second-order valence-electron chi connectivity index (χ2n) is 4.79. The van der Waals surface area contributed by atoms with Crippen LogP contribution in [0.3, 0.4) is 0 Å². The van der Waals surface area contributed by atoms with Gasteiger partial charge >= 0.3 is 0 Å². The minimum Gasteiger partial charge on any atom is -0.395 e. The van der Waals surface area contributed by atoms with Gasteiger partial charge in [0.15, 0.2) is 0 Å². The molecule has 112 valence electrons. The van der Waals surface area contributed by atoms with E-state index in [9.17, 15) is 4.79 Å². The highest BCUT2D eigenvalue weighted by atomic mass is 35.5. The molecule has 0 saturated carbocycles. The number of aromatic nitrogens is 1. The molecule has 1 amide bonds. The lowest BCUT2D eigenvalue weighted by molar-refractivity contribution is 0.0719. The fourth-order valence-corrected chi connectivity index (χ4v) is 2.25. The first-order valence-corrected chi connectivity index (χ1v) is 7.56. The Bertz CT molecular complexity index is 438. The number of nitrogens with zero attached hydrogens (tertiary/aromatic N) is 2. The number of amides is 1. The lowest BCUT2D eigenvalue weighted by Crippen LogP contribution is -2.34. The van der Waals surface area contributed by atoms with Gasteiger partial charge in [0, 0.05) is 24.3 Å². The summed E-state index contributed by atoms with van der Waals surface area (Å²) in [5.74, 6) is -0.0887. The highest BCUT2D eigenvalue weighted by Gasteiger charge is 2.16. The van der Waals surface area contributed by atoms with Crippen molar-refractivity contribution >= 4 is 17.5 Å². The number of hydrogen-bond acceptors (Lipinski definition) is 3. The van der Waals surface area contributed by atoms with Crippen molar-refractivity contribution in [2.24, 2.45) is 0 Å². The number of hydrogen-bond donors (Lipinski definition) is 1. The summed E-state index contributed by atoms with van der Waals surface area (Å²) in [6.07, 6.45) is 3.69. The van der Waals surface area contributed by atoms with Crippen molar-refractivity contribution < 1.29 is 9.90 Å². The zero-order valence-corrected chi connectivity index (χ0v) is 13.0. The first-order valence-electron chi connectivity index (χ1n) is 7.19. The Hall–Kier alpha value is -1.13. The minimum atomic E-state index is -0.0887. The lowest BCUT2D eigenvalue weighted by atomic mass is 10.1. The second kappa shape index (κ2) is 8.93. The number of halogens is 1. The van der Waals surface area contributed by atoms with Crippen LogP contribution in [0.1, 0.15) is 49.2 Å². The van der Waals surface area contributed by atoms with Crippen LogP contribution in [-0.4, -0.2) is 40.6 Å². The summed E-state index contributed by atoms with van der Waals surface area (Å²) in [5.41, 5.74) is 1.39. The van der Waals surface area contributed by atoms with Crippen LogP contribution in [0.2, 0.25) is 5.15 Å². The summed E-state index contributed by atoms with van der Waals surface area (Å²) in [4.78, 5) is 18.4. The maximum Gasteiger partial charge on any atom is 0.254 e. The molecule has 0 spiro atoms. The molecule has 0 bridgehead atoms. The van der Waals surface area contributed by atoms with Crippen LogP contribution < -0.4 is 0 Å². The zero-order chi connectivity index (χ0) is 15.0. The van der Waals surface area contributed by atoms with Gasteiger partial charge in [0.1, 0.15) is 5.15 Å². The van der Waals surface area contributed by atoms with Crippen LogP contribution in [0.4, 0.5) is 0 Å². The fourth-order valence-electron chi connectivity index (χ4n) is 2.03. The van der Waals surface area contributed by atoms with Crippen molar-refractivity contribution in [3.8, 4) is 0 Å². The predicted molar refractivity (Wildman–Crippen MR) is 81.1 cm³/mol. The molecule has 0 atom stereocenters. The molecule has 20 heavy (non-hydrogen) atoms. The Morgan fingerprint density at radius 2 is 2.05 bits per heavy atom. The topological polar surface area (TPSA) is 53.4 Å². The second-order valence-corrected chi connectivity index (χ2v) is 5.18. The Morgan fingerprint density at radius 3 is 2.65 bits per heavy atom. The molecule has 0 aliphatic rings. The third-order valence-electron chi connectivity index (χ3n) is 3.04. The van der Waals surface area contributed by atoms with Crippen LogP contribution in [-0.2, 0) is 6.42 Å². The maximum absolute atomic E-state index is 12.5. The van der Waals surface area contributed by atoms with E-state index in [1.54, 1.807) is 17.0 Å². The SMILES string of the molecule is CCCCN(CCO)C(=O)c1cc(Cl)nc(CCC)c1. The Balaban J connectivity index is 2.91. The Morgan fingerprint density at radius 1 is 1.30 bits per heavy atom. The number of aliphatic hydroxyl groups excluding tert-OH is 1. The van der Waals surface area contributed by atoms with Crippen molar-refractivity contribution in [3.05, 3.63) is 28.5 Å². The van der Waals surface area contributed by atoms with E-state index >= 15 is 0 Å². The van der Waals surface area contributed by atoms with E-state index in [0.717, 1.165) is 31.4 Å². The predicted octanol–water partition coefficient (Wildman–Crippen LogP) is 2.92. The van der Waals surface area contributed by atoms with Crippen molar-refractivity contribution in [1.82, 2.24) is 9.88 Å². The zero-order valence-electron chi connectivity index (χ0n) is 12.2. The standard InChI is InChI=1S/C15H23ClN2O2/c1-3-5-7-18(8-9-19)15(20)12-10-13(6-4-2)17-14(16)11-12/h10-11,19H,3-9H2,1-2H3. The Kier molecular flexibility index (Phi) is 7.55. The molecular weight excluding hydrogens is 276 g/mol. The van der Waals surface area contributed by atoms with Gasteiger partial charge in [-0.25, -0.2) is 4.98 Å². The molecule has 4 nitrogen and oxygen atoms in total. The fraction of sp³-hybridized carbons (Fsp3) is 0.600. The minimum absolute atomic E-state index is 0.0317. The molecule has 0 unspecified atom stereocenters. The molecule has 1 aromatic heterocycles. The average Bonchev–Trinajstić information content (AvgIpc) is 2.42. The summed E-state index contributed by atoms with van der Waals surface area (Å²) in [7, 11) is 0. The quantitative estimate of drug-likeness (QED) is 0.751. The lowest BCUT2D eigenvalue weighted by Gasteiger charge is -2.22. The first-order chi connectivity index (χ1) is 9.62. The summed E-state index contributed by atoms with van der Waals surface area (Å²) in [6.45, 7) is 5.10. The number of pyridine rings is 1. The van der Waals surface area contributed by atoms with E-state index in [4.69, 9.17) is 16.7 Å². The molecule has 5 heteroatoms. The van der Waals surface area contributed by atoms with E-state index in [1.807, 2.05) is 0 Å². The van der Waals surface area contributed by atoms with Crippen LogP contribution in [0, 0.1) is 0 Å². The molecule has 0 aliphatic heterocycles. The van der Waals surface area contributed by atoms with Crippen LogP contribution in [0.5, 0.6) is 0 Å². The summed E-state index contributed by atoms with van der Waals surface area (Å²) < 4.78 is 0. The van der Waals surface area contributed by atoms with Gasteiger partial charge < -0.3 is 10.0 Å². The highest BCUT2D eigenvalue weighted by molar-refractivity contribution is 6.29. The molecule has 1 N–H and O–H groups in total. The number of aliphatic hydroxyl groups is 1. The molecule has 1 heterocycles. The van der Waals surface area contributed by atoms with Gasteiger partial charge in [-0.2, -0.15) is 0 Å². The van der Waals surface area contributed by atoms with Gasteiger partial charge in [-0.1, -0.05) is 38.3 Å². The van der Waals surface area contributed by atoms with E-state index in [1.165, 1.54) is 0 Å². The maximum atomic E-state index is 12.5.